The summed E-state index contributed by atoms with van der Waals surface area (Å²) in [5.74, 6) is -0.0510. The third-order valence-corrected chi connectivity index (χ3v) is 2.63. The highest BCUT2D eigenvalue weighted by molar-refractivity contribution is 5.91. The third kappa shape index (κ3) is 4.74. The number of nitrogens with one attached hydrogen (secondary N) is 1. The van der Waals surface area contributed by atoms with Crippen molar-refractivity contribution in [2.24, 2.45) is 0 Å². The molecule has 0 saturated carbocycles. The van der Waals surface area contributed by atoms with Crippen LogP contribution in [-0.2, 0) is 10.2 Å². The topological polar surface area (TPSA) is 29.1 Å². The van der Waals surface area contributed by atoms with Crippen molar-refractivity contribution in [3.8, 4) is 0 Å². The van der Waals surface area contributed by atoms with Crippen LogP contribution in [0.15, 0.2) is 30.3 Å². The molecule has 0 bridgehead atoms. The number of carbonyl (C=O) groups is 1. The van der Waals surface area contributed by atoms with E-state index in [2.05, 4.69) is 38.2 Å². The molecule has 0 fully saturated rings. The van der Waals surface area contributed by atoms with Gasteiger partial charge in [0.2, 0.25) is 5.91 Å². The fraction of sp³-hybridized carbons (Fsp3) is 0.438. The number of rotatable bonds is 3. The average Bonchev–Trinajstić information content (AvgIpc) is 2.25. The number of hydrogen-bond donors (Lipinski definition) is 1. The van der Waals surface area contributed by atoms with E-state index in [9.17, 15) is 4.79 Å². The fourth-order valence-corrected chi connectivity index (χ4v) is 1.60. The second kappa shape index (κ2) is 5.85. The Balaban J connectivity index is 2.70. The molecule has 1 aromatic rings. The van der Waals surface area contributed by atoms with Gasteiger partial charge in [0.05, 0.1) is 0 Å². The lowest BCUT2D eigenvalue weighted by molar-refractivity contribution is -0.116. The molecule has 0 aliphatic heterocycles. The van der Waals surface area contributed by atoms with Crippen molar-refractivity contribution in [3.05, 3.63) is 41.5 Å². The first-order valence-electron chi connectivity index (χ1n) is 6.38. The lowest BCUT2D eigenvalue weighted by Gasteiger charge is -2.18. The van der Waals surface area contributed by atoms with E-state index < -0.39 is 0 Å². The van der Waals surface area contributed by atoms with Crippen LogP contribution in [0.1, 0.15) is 45.7 Å². The van der Waals surface area contributed by atoms with Crippen LogP contribution < -0.4 is 5.32 Å². The van der Waals surface area contributed by atoms with E-state index in [-0.39, 0.29) is 17.4 Å². The molecular formula is C16H23NO. The maximum absolute atomic E-state index is 11.5. The number of carbonyl (C=O) groups excluding carboxylic acids is 1. The van der Waals surface area contributed by atoms with Gasteiger partial charge in [-0.3, -0.25) is 4.79 Å². The van der Waals surface area contributed by atoms with Crippen molar-refractivity contribution in [3.63, 3.8) is 0 Å². The molecule has 0 spiro atoms. The summed E-state index contributed by atoms with van der Waals surface area (Å²) in [6, 6.07) is 8.48. The molecular weight excluding hydrogens is 222 g/mol. The molecule has 2 heteroatoms. The highest BCUT2D eigenvalue weighted by Gasteiger charge is 2.12. The monoisotopic (exact) mass is 245 g/mol. The van der Waals surface area contributed by atoms with Crippen LogP contribution in [0.2, 0.25) is 0 Å². The molecule has 0 aliphatic carbocycles. The Morgan fingerprint density at radius 2 is 1.72 bits per heavy atom. The largest absolute Gasteiger partial charge is 0.350 e. The summed E-state index contributed by atoms with van der Waals surface area (Å²) < 4.78 is 0. The lowest BCUT2D eigenvalue weighted by Crippen LogP contribution is -2.28. The smallest absolute Gasteiger partial charge is 0.244 e. The normalized spacial score (nSPS) is 12.1. The minimum Gasteiger partial charge on any atom is -0.350 e. The molecule has 0 aliphatic rings. The Bertz CT molecular complexity index is 421. The Hall–Kier alpha value is -1.57. The molecule has 1 N–H and O–H groups in total. The number of hydrogen-bond acceptors (Lipinski definition) is 1. The predicted octanol–water partition coefficient (Wildman–Crippen LogP) is 3.52. The molecule has 1 rings (SSSR count). The minimum atomic E-state index is -0.0510. The molecule has 98 valence electrons. The van der Waals surface area contributed by atoms with Crippen molar-refractivity contribution >= 4 is 12.0 Å². The van der Waals surface area contributed by atoms with Gasteiger partial charge in [0, 0.05) is 12.1 Å². The zero-order valence-electron chi connectivity index (χ0n) is 11.9. The first-order valence-corrected chi connectivity index (χ1v) is 6.38. The summed E-state index contributed by atoms with van der Waals surface area (Å²) >= 11 is 0. The molecule has 2 nitrogen and oxygen atoms in total. The van der Waals surface area contributed by atoms with Gasteiger partial charge in [-0.05, 0) is 36.5 Å². The van der Waals surface area contributed by atoms with E-state index in [0.717, 1.165) is 5.56 Å². The maximum atomic E-state index is 11.5. The first-order chi connectivity index (χ1) is 8.29. The van der Waals surface area contributed by atoms with Gasteiger partial charge in [0.1, 0.15) is 0 Å². The van der Waals surface area contributed by atoms with Crippen molar-refractivity contribution in [1.82, 2.24) is 5.32 Å². The lowest BCUT2D eigenvalue weighted by atomic mass is 9.87. The van der Waals surface area contributed by atoms with Crippen LogP contribution in [-0.4, -0.2) is 11.9 Å². The zero-order valence-corrected chi connectivity index (χ0v) is 11.9. The van der Waals surface area contributed by atoms with Gasteiger partial charge >= 0.3 is 0 Å². The van der Waals surface area contributed by atoms with Gasteiger partial charge in [0.25, 0.3) is 0 Å². The first kappa shape index (κ1) is 14.5. The highest BCUT2D eigenvalue weighted by atomic mass is 16.1. The standard InChI is InChI=1S/C16H23NO/c1-12(2)17-15(18)11-8-13-6-9-14(10-7-13)16(3,4)5/h6-12H,1-5H3,(H,17,18)/b11-8+. The molecule has 0 aromatic heterocycles. The van der Waals surface area contributed by atoms with Gasteiger partial charge in [-0.25, -0.2) is 0 Å². The Morgan fingerprint density at radius 1 is 1.17 bits per heavy atom. The third-order valence-electron chi connectivity index (χ3n) is 2.63. The molecule has 0 atom stereocenters. The van der Waals surface area contributed by atoms with Crippen molar-refractivity contribution in [1.29, 1.82) is 0 Å². The predicted molar refractivity (Wildman–Crippen MR) is 77.5 cm³/mol. The van der Waals surface area contributed by atoms with Crippen molar-refractivity contribution < 1.29 is 4.79 Å². The highest BCUT2D eigenvalue weighted by Crippen LogP contribution is 2.22. The van der Waals surface area contributed by atoms with Gasteiger partial charge in [-0.1, -0.05) is 45.0 Å². The molecule has 0 unspecified atom stereocenters. The van der Waals surface area contributed by atoms with E-state index in [1.165, 1.54) is 5.56 Å². The zero-order chi connectivity index (χ0) is 13.8. The van der Waals surface area contributed by atoms with E-state index in [1.54, 1.807) is 6.08 Å². The summed E-state index contributed by atoms with van der Waals surface area (Å²) in [6.45, 7) is 10.5. The summed E-state index contributed by atoms with van der Waals surface area (Å²) in [5, 5.41) is 2.82. The van der Waals surface area contributed by atoms with Crippen molar-refractivity contribution in [2.45, 2.75) is 46.1 Å². The van der Waals surface area contributed by atoms with Crippen LogP contribution >= 0.6 is 0 Å². The summed E-state index contributed by atoms with van der Waals surface area (Å²) in [6.07, 6.45) is 3.41. The van der Waals surface area contributed by atoms with E-state index in [4.69, 9.17) is 0 Å². The summed E-state index contributed by atoms with van der Waals surface area (Å²) in [7, 11) is 0. The van der Waals surface area contributed by atoms with Crippen LogP contribution in [0.4, 0.5) is 0 Å². The second-order valence-electron chi connectivity index (χ2n) is 5.87. The van der Waals surface area contributed by atoms with Gasteiger partial charge < -0.3 is 5.32 Å². The molecule has 0 heterocycles. The number of benzene rings is 1. The van der Waals surface area contributed by atoms with Crippen LogP contribution in [0.25, 0.3) is 6.08 Å². The molecule has 1 amide bonds. The van der Waals surface area contributed by atoms with Crippen LogP contribution in [0.5, 0.6) is 0 Å². The van der Waals surface area contributed by atoms with Gasteiger partial charge in [-0.2, -0.15) is 0 Å². The average molecular weight is 245 g/mol. The summed E-state index contributed by atoms with van der Waals surface area (Å²) in [5.41, 5.74) is 2.50. The van der Waals surface area contributed by atoms with Crippen LogP contribution in [0, 0.1) is 0 Å². The van der Waals surface area contributed by atoms with Crippen LogP contribution in [0.3, 0.4) is 0 Å². The maximum Gasteiger partial charge on any atom is 0.244 e. The molecule has 0 radical (unpaired) electrons. The Kier molecular flexibility index (Phi) is 4.71. The molecule has 0 saturated heterocycles. The second-order valence-corrected chi connectivity index (χ2v) is 5.87. The molecule has 1 aromatic carbocycles. The van der Waals surface area contributed by atoms with E-state index in [1.807, 2.05) is 32.1 Å². The van der Waals surface area contributed by atoms with Crippen molar-refractivity contribution in [2.75, 3.05) is 0 Å². The van der Waals surface area contributed by atoms with Gasteiger partial charge in [0.15, 0.2) is 0 Å². The van der Waals surface area contributed by atoms with Gasteiger partial charge in [-0.15, -0.1) is 0 Å². The Morgan fingerprint density at radius 3 is 2.17 bits per heavy atom. The quantitative estimate of drug-likeness (QED) is 0.811. The SMILES string of the molecule is CC(C)NC(=O)/C=C/c1ccc(C(C)(C)C)cc1. The minimum absolute atomic E-state index is 0.0510. The number of amides is 1. The molecule has 18 heavy (non-hydrogen) atoms. The Labute approximate surface area is 110 Å². The van der Waals surface area contributed by atoms with E-state index in [0.29, 0.717) is 0 Å². The fourth-order valence-electron chi connectivity index (χ4n) is 1.60. The van der Waals surface area contributed by atoms with E-state index >= 15 is 0 Å². The summed E-state index contributed by atoms with van der Waals surface area (Å²) in [4.78, 5) is 11.5.